The minimum atomic E-state index is -0.346. The van der Waals surface area contributed by atoms with Crippen molar-refractivity contribution in [3.63, 3.8) is 0 Å². The number of esters is 1. The number of ether oxygens (including phenoxy) is 1. The van der Waals surface area contributed by atoms with E-state index in [1.165, 1.54) is 0 Å². The molecule has 1 rings (SSSR count). The second-order valence-corrected chi connectivity index (χ2v) is 4.05. The van der Waals surface area contributed by atoms with Gasteiger partial charge >= 0.3 is 5.97 Å². The number of rotatable bonds is 3. The average molecular weight is 247 g/mol. The predicted octanol–water partition coefficient (Wildman–Crippen LogP) is 3.66. The minimum Gasteiger partial charge on any atom is -0.466 e. The van der Waals surface area contributed by atoms with Crippen LogP contribution in [0, 0.1) is 0 Å². The Morgan fingerprint density at radius 2 is 1.87 bits per heavy atom. The van der Waals surface area contributed by atoms with Gasteiger partial charge in [0.2, 0.25) is 0 Å². The molecule has 0 radical (unpaired) electrons. The van der Waals surface area contributed by atoms with Gasteiger partial charge in [0, 0.05) is 10.0 Å². The highest BCUT2D eigenvalue weighted by Gasteiger charge is 2.17. The van der Waals surface area contributed by atoms with Gasteiger partial charge in [0.1, 0.15) is 0 Å². The van der Waals surface area contributed by atoms with Crippen molar-refractivity contribution in [3.8, 4) is 0 Å². The largest absolute Gasteiger partial charge is 0.466 e. The number of carbonyl (C=O) groups is 1. The second kappa shape index (κ2) is 5.38. The van der Waals surface area contributed by atoms with Crippen molar-refractivity contribution in [1.29, 1.82) is 0 Å². The molecule has 1 unspecified atom stereocenters. The van der Waals surface area contributed by atoms with Crippen molar-refractivity contribution < 1.29 is 9.53 Å². The first-order valence-corrected chi connectivity index (χ1v) is 5.42. The van der Waals surface area contributed by atoms with Gasteiger partial charge < -0.3 is 4.74 Å². The molecule has 0 bridgehead atoms. The molecular weight excluding hydrogens is 235 g/mol. The van der Waals surface area contributed by atoms with Gasteiger partial charge in [-0.2, -0.15) is 0 Å². The lowest BCUT2D eigenvalue weighted by molar-refractivity contribution is -0.144. The zero-order valence-electron chi connectivity index (χ0n) is 8.59. The second-order valence-electron chi connectivity index (χ2n) is 3.18. The molecule has 0 aliphatic rings. The average Bonchev–Trinajstić information content (AvgIpc) is 2.15. The third kappa shape index (κ3) is 3.40. The van der Waals surface area contributed by atoms with Crippen LogP contribution >= 0.6 is 23.2 Å². The van der Waals surface area contributed by atoms with Crippen LogP contribution in [-0.4, -0.2) is 12.6 Å². The molecular formula is C11H12Cl2O2. The summed E-state index contributed by atoms with van der Waals surface area (Å²) in [5, 5.41) is 1.04. The van der Waals surface area contributed by atoms with E-state index in [2.05, 4.69) is 0 Å². The summed E-state index contributed by atoms with van der Waals surface area (Å²) in [7, 11) is 0. The van der Waals surface area contributed by atoms with E-state index >= 15 is 0 Å². The first kappa shape index (κ1) is 12.3. The van der Waals surface area contributed by atoms with Crippen molar-refractivity contribution in [1.82, 2.24) is 0 Å². The molecule has 1 atom stereocenters. The Morgan fingerprint density at radius 3 is 2.33 bits per heavy atom. The van der Waals surface area contributed by atoms with Crippen molar-refractivity contribution in [2.24, 2.45) is 0 Å². The first-order valence-electron chi connectivity index (χ1n) is 4.67. The van der Waals surface area contributed by atoms with Gasteiger partial charge in [0.05, 0.1) is 12.5 Å². The molecule has 0 aliphatic heterocycles. The Morgan fingerprint density at radius 1 is 1.33 bits per heavy atom. The summed E-state index contributed by atoms with van der Waals surface area (Å²) in [6.45, 7) is 3.91. The van der Waals surface area contributed by atoms with Crippen LogP contribution in [0.25, 0.3) is 0 Å². The third-order valence-corrected chi connectivity index (χ3v) is 2.46. The monoisotopic (exact) mass is 246 g/mol. The van der Waals surface area contributed by atoms with Gasteiger partial charge in [-0.3, -0.25) is 4.79 Å². The highest BCUT2D eigenvalue weighted by atomic mass is 35.5. The molecule has 0 amide bonds. The maximum Gasteiger partial charge on any atom is 0.313 e. The Hall–Kier alpha value is -0.730. The Kier molecular flexibility index (Phi) is 4.43. The molecule has 0 saturated carbocycles. The van der Waals surface area contributed by atoms with E-state index in [-0.39, 0.29) is 11.9 Å². The molecule has 1 aromatic rings. The predicted molar refractivity (Wildman–Crippen MR) is 61.5 cm³/mol. The van der Waals surface area contributed by atoms with Crippen LogP contribution in [0.3, 0.4) is 0 Å². The number of hydrogen-bond donors (Lipinski definition) is 0. The standard InChI is InChI=1S/C11H12Cl2O2/c1-3-15-11(14)7(2)8-4-9(12)6-10(13)5-8/h4-7H,3H2,1-2H3. The van der Waals surface area contributed by atoms with E-state index in [4.69, 9.17) is 27.9 Å². The van der Waals surface area contributed by atoms with E-state index in [0.29, 0.717) is 16.7 Å². The van der Waals surface area contributed by atoms with E-state index in [1.54, 1.807) is 32.0 Å². The van der Waals surface area contributed by atoms with E-state index in [9.17, 15) is 4.79 Å². The quantitative estimate of drug-likeness (QED) is 0.762. The molecule has 4 heteroatoms. The van der Waals surface area contributed by atoms with Crippen LogP contribution in [0.5, 0.6) is 0 Å². The van der Waals surface area contributed by atoms with Crippen molar-refractivity contribution in [3.05, 3.63) is 33.8 Å². The summed E-state index contributed by atoms with van der Waals surface area (Å²) in [4.78, 5) is 11.5. The Bertz CT molecular complexity index is 343. The molecule has 0 fully saturated rings. The van der Waals surface area contributed by atoms with Gasteiger partial charge in [-0.25, -0.2) is 0 Å². The normalized spacial score (nSPS) is 12.3. The summed E-state index contributed by atoms with van der Waals surface area (Å²) in [5.41, 5.74) is 0.769. The lowest BCUT2D eigenvalue weighted by atomic mass is 10.0. The van der Waals surface area contributed by atoms with E-state index < -0.39 is 0 Å². The van der Waals surface area contributed by atoms with Crippen molar-refractivity contribution in [2.45, 2.75) is 19.8 Å². The van der Waals surface area contributed by atoms with Crippen molar-refractivity contribution >= 4 is 29.2 Å². The lowest BCUT2D eigenvalue weighted by Gasteiger charge is -2.11. The molecule has 0 heterocycles. The van der Waals surface area contributed by atoms with Gasteiger partial charge in [-0.1, -0.05) is 23.2 Å². The van der Waals surface area contributed by atoms with Gasteiger partial charge in [0.15, 0.2) is 0 Å². The van der Waals surface area contributed by atoms with Gasteiger partial charge in [-0.15, -0.1) is 0 Å². The molecule has 0 aromatic heterocycles. The Labute approximate surface area is 99.1 Å². The van der Waals surface area contributed by atoms with Crippen LogP contribution in [-0.2, 0) is 9.53 Å². The first-order chi connectivity index (χ1) is 7.04. The van der Waals surface area contributed by atoms with Crippen molar-refractivity contribution in [2.75, 3.05) is 6.61 Å². The number of hydrogen-bond acceptors (Lipinski definition) is 2. The highest BCUT2D eigenvalue weighted by Crippen LogP contribution is 2.25. The molecule has 2 nitrogen and oxygen atoms in total. The Balaban J connectivity index is 2.90. The number of benzene rings is 1. The summed E-state index contributed by atoms with van der Waals surface area (Å²) in [5.74, 6) is -0.614. The van der Waals surface area contributed by atoms with Crippen LogP contribution in [0.2, 0.25) is 10.0 Å². The highest BCUT2D eigenvalue weighted by molar-refractivity contribution is 6.34. The summed E-state index contributed by atoms with van der Waals surface area (Å²) in [6.07, 6.45) is 0. The van der Waals surface area contributed by atoms with E-state index in [1.807, 2.05) is 0 Å². The van der Waals surface area contributed by atoms with Gasteiger partial charge in [-0.05, 0) is 37.6 Å². The molecule has 0 spiro atoms. The zero-order valence-corrected chi connectivity index (χ0v) is 10.1. The molecule has 82 valence electrons. The minimum absolute atomic E-state index is 0.268. The smallest absolute Gasteiger partial charge is 0.313 e. The fraction of sp³-hybridized carbons (Fsp3) is 0.364. The molecule has 0 N–H and O–H groups in total. The zero-order chi connectivity index (χ0) is 11.4. The summed E-state index contributed by atoms with van der Waals surface area (Å²) >= 11 is 11.7. The fourth-order valence-electron chi connectivity index (χ4n) is 1.23. The maximum absolute atomic E-state index is 11.5. The van der Waals surface area contributed by atoms with Crippen LogP contribution in [0.15, 0.2) is 18.2 Å². The topological polar surface area (TPSA) is 26.3 Å². The number of halogens is 2. The SMILES string of the molecule is CCOC(=O)C(C)c1cc(Cl)cc(Cl)c1. The fourth-order valence-corrected chi connectivity index (χ4v) is 1.77. The molecule has 0 saturated heterocycles. The van der Waals surface area contributed by atoms with Gasteiger partial charge in [0.25, 0.3) is 0 Å². The van der Waals surface area contributed by atoms with Crippen LogP contribution < -0.4 is 0 Å². The number of carbonyl (C=O) groups excluding carboxylic acids is 1. The van der Waals surface area contributed by atoms with Crippen LogP contribution in [0.4, 0.5) is 0 Å². The third-order valence-electron chi connectivity index (χ3n) is 2.03. The lowest BCUT2D eigenvalue weighted by Crippen LogP contribution is -2.12. The molecule has 15 heavy (non-hydrogen) atoms. The van der Waals surface area contributed by atoms with E-state index in [0.717, 1.165) is 5.56 Å². The maximum atomic E-state index is 11.5. The summed E-state index contributed by atoms with van der Waals surface area (Å²) < 4.78 is 4.91. The van der Waals surface area contributed by atoms with Crippen LogP contribution in [0.1, 0.15) is 25.3 Å². The summed E-state index contributed by atoms with van der Waals surface area (Å²) in [6, 6.07) is 5.06. The molecule has 0 aliphatic carbocycles. The molecule has 1 aromatic carbocycles.